The Morgan fingerprint density at radius 2 is 1.80 bits per heavy atom. The first kappa shape index (κ1) is 23.7. The van der Waals surface area contributed by atoms with Gasteiger partial charge in [0, 0.05) is 22.6 Å². The lowest BCUT2D eigenvalue weighted by Gasteiger charge is -2.21. The Morgan fingerprint density at radius 3 is 2.51 bits per heavy atom. The molecular weight excluding hydrogens is 485 g/mol. The normalized spacial score (nSPS) is 17.7. The third-order valence-electron chi connectivity index (χ3n) is 6.24. The number of hydrogen-bond donors (Lipinski definition) is 0. The first-order valence-corrected chi connectivity index (χ1v) is 12.9. The molecule has 0 spiro atoms. The molecule has 1 fully saturated rings. The number of nitrogens with zero attached hydrogens (tertiary/aromatic N) is 3. The van der Waals surface area contributed by atoms with Gasteiger partial charge in [-0.05, 0) is 29.7 Å². The third kappa shape index (κ3) is 5.31. The van der Waals surface area contributed by atoms with Crippen LogP contribution >= 0.6 is 23.4 Å². The summed E-state index contributed by atoms with van der Waals surface area (Å²) in [4.78, 5) is 15.3. The lowest BCUT2D eigenvalue weighted by atomic mass is 10.2. The second-order valence-electron chi connectivity index (χ2n) is 8.59. The van der Waals surface area contributed by atoms with E-state index in [1.54, 1.807) is 18.0 Å². The zero-order valence-electron chi connectivity index (χ0n) is 19.0. The van der Waals surface area contributed by atoms with Gasteiger partial charge in [-0.3, -0.25) is 4.68 Å². The predicted molar refractivity (Wildman–Crippen MR) is 137 cm³/mol. The number of thioether (sulfide) groups is 1. The molecule has 180 valence electrons. The maximum Gasteiger partial charge on any atom is 0.410 e. The van der Waals surface area contributed by atoms with Crippen molar-refractivity contribution < 1.29 is 13.9 Å². The minimum Gasteiger partial charge on any atom is -0.445 e. The van der Waals surface area contributed by atoms with E-state index in [1.165, 1.54) is 10.5 Å². The summed E-state index contributed by atoms with van der Waals surface area (Å²) >= 11 is 8.29. The Labute approximate surface area is 212 Å². The first-order chi connectivity index (χ1) is 17.1. The smallest absolute Gasteiger partial charge is 0.410 e. The van der Waals surface area contributed by atoms with E-state index in [-0.39, 0.29) is 12.6 Å². The average molecular weight is 510 g/mol. The fourth-order valence-electron chi connectivity index (χ4n) is 4.44. The van der Waals surface area contributed by atoms with Gasteiger partial charge in [0.05, 0.1) is 28.8 Å². The summed E-state index contributed by atoms with van der Waals surface area (Å²) in [5.41, 5.74) is 3.00. The van der Waals surface area contributed by atoms with Crippen molar-refractivity contribution in [2.45, 2.75) is 35.8 Å². The Kier molecular flexibility index (Phi) is 7.25. The van der Waals surface area contributed by atoms with E-state index in [0.29, 0.717) is 18.0 Å². The molecule has 1 aromatic heterocycles. The zero-order chi connectivity index (χ0) is 24.2. The Balaban J connectivity index is 1.32. The van der Waals surface area contributed by atoms with E-state index < -0.39 is 18.8 Å². The van der Waals surface area contributed by atoms with Gasteiger partial charge in [0.2, 0.25) is 0 Å². The standard InChI is InChI=1S/C27H25ClFN3O2S/c28-25-12-23(35-18-20-9-5-2-6-10-20)13-26-24(25)15-30-32(26)22-11-21(14-29)31(16-22)27(33)34-17-19-7-3-1-4-8-19/h1-10,12-13,15,21-22H,11,14,16-18H2/t21-,22+/m0/s1. The molecule has 1 amide bonds. The lowest BCUT2D eigenvalue weighted by Crippen LogP contribution is -2.37. The van der Waals surface area contributed by atoms with Crippen molar-refractivity contribution >= 4 is 40.4 Å². The van der Waals surface area contributed by atoms with Crippen LogP contribution < -0.4 is 0 Å². The van der Waals surface area contributed by atoms with Crippen LogP contribution in [0.2, 0.25) is 5.02 Å². The van der Waals surface area contributed by atoms with E-state index in [1.807, 2.05) is 59.3 Å². The van der Waals surface area contributed by atoms with E-state index in [2.05, 4.69) is 23.3 Å². The molecule has 1 saturated heterocycles. The molecule has 5 rings (SSSR count). The molecule has 4 aromatic rings. The fourth-order valence-corrected chi connectivity index (χ4v) is 5.68. The zero-order valence-corrected chi connectivity index (χ0v) is 20.6. The molecule has 0 N–H and O–H groups in total. The molecule has 0 radical (unpaired) electrons. The van der Waals surface area contributed by atoms with Crippen LogP contribution in [0.4, 0.5) is 9.18 Å². The maximum absolute atomic E-state index is 13.9. The summed E-state index contributed by atoms with van der Waals surface area (Å²) in [6, 6.07) is 23.0. The van der Waals surface area contributed by atoms with Gasteiger partial charge < -0.3 is 9.64 Å². The number of aromatic nitrogens is 2. The average Bonchev–Trinajstić information content (AvgIpc) is 3.52. The van der Waals surface area contributed by atoms with Crippen molar-refractivity contribution in [1.82, 2.24) is 14.7 Å². The number of amides is 1. The van der Waals surface area contributed by atoms with Crippen LogP contribution in [0.5, 0.6) is 0 Å². The van der Waals surface area contributed by atoms with Gasteiger partial charge in [0.1, 0.15) is 13.3 Å². The van der Waals surface area contributed by atoms with Crippen LogP contribution in [-0.4, -0.2) is 40.0 Å². The summed E-state index contributed by atoms with van der Waals surface area (Å²) in [5, 5.41) is 6.05. The molecule has 0 unspecified atom stereocenters. The van der Waals surface area contributed by atoms with Crippen molar-refractivity contribution in [3.63, 3.8) is 0 Å². The summed E-state index contributed by atoms with van der Waals surface area (Å²) in [6.45, 7) is -0.144. The molecule has 8 heteroatoms. The van der Waals surface area contributed by atoms with Crippen LogP contribution in [0.1, 0.15) is 23.6 Å². The van der Waals surface area contributed by atoms with Gasteiger partial charge in [-0.2, -0.15) is 5.10 Å². The highest BCUT2D eigenvalue weighted by molar-refractivity contribution is 7.98. The number of fused-ring (bicyclic) bond motifs is 1. The summed E-state index contributed by atoms with van der Waals surface area (Å²) in [6.07, 6.45) is 1.70. The molecule has 2 heterocycles. The quantitative estimate of drug-likeness (QED) is 0.254. The Bertz CT molecular complexity index is 1300. The first-order valence-electron chi connectivity index (χ1n) is 11.5. The predicted octanol–water partition coefficient (Wildman–Crippen LogP) is 6.90. The highest BCUT2D eigenvalue weighted by Crippen LogP contribution is 2.36. The van der Waals surface area contributed by atoms with E-state index in [4.69, 9.17) is 16.3 Å². The van der Waals surface area contributed by atoms with Crippen molar-refractivity contribution in [3.05, 3.63) is 95.1 Å². The number of carbonyl (C=O) groups excluding carboxylic acids is 1. The Morgan fingerprint density at radius 1 is 1.09 bits per heavy atom. The maximum atomic E-state index is 13.9. The lowest BCUT2D eigenvalue weighted by molar-refractivity contribution is 0.0871. The number of alkyl halides is 1. The largest absolute Gasteiger partial charge is 0.445 e. The molecule has 1 aliphatic rings. The van der Waals surface area contributed by atoms with Gasteiger partial charge in [0.15, 0.2) is 0 Å². The molecule has 0 saturated carbocycles. The SMILES string of the molecule is O=C(OCc1ccccc1)N1C[C@H](n2ncc3c(Cl)cc(SCc4ccccc4)cc32)C[C@H]1CF. The fraction of sp³-hybridized carbons (Fsp3) is 0.259. The van der Waals surface area contributed by atoms with E-state index >= 15 is 0 Å². The van der Waals surface area contributed by atoms with E-state index in [0.717, 1.165) is 27.1 Å². The van der Waals surface area contributed by atoms with Crippen LogP contribution in [0.25, 0.3) is 10.9 Å². The summed E-state index contributed by atoms with van der Waals surface area (Å²) in [7, 11) is 0. The number of halogens is 2. The molecule has 0 aliphatic carbocycles. The van der Waals surface area contributed by atoms with Gasteiger partial charge in [-0.25, -0.2) is 9.18 Å². The highest BCUT2D eigenvalue weighted by atomic mass is 35.5. The van der Waals surface area contributed by atoms with Crippen LogP contribution in [0.3, 0.4) is 0 Å². The second-order valence-corrected chi connectivity index (χ2v) is 10.0. The highest BCUT2D eigenvalue weighted by Gasteiger charge is 2.38. The van der Waals surface area contributed by atoms with E-state index in [9.17, 15) is 9.18 Å². The number of carbonyl (C=O) groups is 1. The van der Waals surface area contributed by atoms with Crippen molar-refractivity contribution in [1.29, 1.82) is 0 Å². The summed E-state index contributed by atoms with van der Waals surface area (Å²) < 4.78 is 21.2. The number of ether oxygens (including phenoxy) is 1. The molecule has 2 atom stereocenters. The number of benzene rings is 3. The number of hydrogen-bond acceptors (Lipinski definition) is 4. The van der Waals surface area contributed by atoms with Crippen molar-refractivity contribution in [2.75, 3.05) is 13.2 Å². The van der Waals surface area contributed by atoms with Crippen LogP contribution in [0.15, 0.2) is 83.9 Å². The molecule has 3 aromatic carbocycles. The van der Waals surface area contributed by atoms with Crippen molar-refractivity contribution in [3.8, 4) is 0 Å². The van der Waals surface area contributed by atoms with Gasteiger partial charge in [-0.15, -0.1) is 11.8 Å². The van der Waals surface area contributed by atoms with Gasteiger partial charge in [0.25, 0.3) is 0 Å². The minimum atomic E-state index is -0.630. The third-order valence-corrected chi connectivity index (χ3v) is 7.60. The molecule has 0 bridgehead atoms. The Hall–Kier alpha value is -3.03. The summed E-state index contributed by atoms with van der Waals surface area (Å²) in [5.74, 6) is 0.825. The number of likely N-dealkylation sites (tertiary alicyclic amines) is 1. The monoisotopic (exact) mass is 509 g/mol. The topological polar surface area (TPSA) is 47.4 Å². The molecular formula is C27H25ClFN3O2S. The van der Waals surface area contributed by atoms with Gasteiger partial charge >= 0.3 is 6.09 Å². The van der Waals surface area contributed by atoms with Gasteiger partial charge in [-0.1, -0.05) is 72.3 Å². The molecule has 1 aliphatic heterocycles. The van der Waals surface area contributed by atoms with Crippen molar-refractivity contribution in [2.24, 2.45) is 0 Å². The molecule has 5 nitrogen and oxygen atoms in total. The minimum absolute atomic E-state index is 0.155. The van der Waals surface area contributed by atoms with Crippen LogP contribution in [-0.2, 0) is 17.1 Å². The van der Waals surface area contributed by atoms with Crippen LogP contribution in [0, 0.1) is 0 Å². The molecule has 35 heavy (non-hydrogen) atoms. The second kappa shape index (κ2) is 10.7. The number of rotatable bonds is 7.